The van der Waals surface area contributed by atoms with Crippen LogP contribution in [-0.2, 0) is 7.05 Å². The fourth-order valence-electron chi connectivity index (χ4n) is 4.03. The molecule has 0 spiro atoms. The number of rotatable bonds is 4. The Morgan fingerprint density at radius 1 is 0.970 bits per heavy atom. The van der Waals surface area contributed by atoms with Crippen molar-refractivity contribution in [2.45, 2.75) is 6.92 Å². The fourth-order valence-corrected chi connectivity index (χ4v) is 4.03. The fraction of sp³-hybridized carbons (Fsp3) is 0.208. The average molecular weight is 441 g/mol. The Bertz CT molecular complexity index is 1560. The standard InChI is InChI=1S/C24H24N8O/c1-14-19(8-9-21(29-14)30(3)4)32-22-17-10-15(16-11-27-23(25-2)28-12-16)6-7-18(17)26-13-20(22)31(5)24(32)33/h6-13H,1-5H3,(H,25,27,28). The molecular formula is C24H24N8O. The highest BCUT2D eigenvalue weighted by Crippen LogP contribution is 2.30. The molecule has 0 saturated heterocycles. The number of hydrogen-bond donors (Lipinski definition) is 1. The second-order valence-electron chi connectivity index (χ2n) is 8.11. The summed E-state index contributed by atoms with van der Waals surface area (Å²) in [6.07, 6.45) is 5.30. The molecule has 0 aliphatic rings. The van der Waals surface area contributed by atoms with Gasteiger partial charge in [0.1, 0.15) is 5.82 Å². The average Bonchev–Trinajstić information content (AvgIpc) is 3.09. The van der Waals surface area contributed by atoms with E-state index in [2.05, 4.69) is 25.3 Å². The van der Waals surface area contributed by atoms with E-state index in [-0.39, 0.29) is 5.69 Å². The van der Waals surface area contributed by atoms with Crippen molar-refractivity contribution in [3.05, 3.63) is 65.1 Å². The van der Waals surface area contributed by atoms with Crippen LogP contribution in [0.2, 0.25) is 0 Å². The van der Waals surface area contributed by atoms with Gasteiger partial charge in [-0.25, -0.2) is 19.7 Å². The van der Waals surface area contributed by atoms with E-state index in [0.717, 1.165) is 50.3 Å². The zero-order valence-electron chi connectivity index (χ0n) is 19.2. The third-order valence-corrected chi connectivity index (χ3v) is 5.83. The van der Waals surface area contributed by atoms with Gasteiger partial charge in [-0.2, -0.15) is 0 Å². The Morgan fingerprint density at radius 3 is 2.39 bits per heavy atom. The number of aromatic nitrogens is 6. The van der Waals surface area contributed by atoms with E-state index in [1.165, 1.54) is 0 Å². The number of nitrogens with one attached hydrogen (secondary N) is 1. The van der Waals surface area contributed by atoms with Gasteiger partial charge in [0, 0.05) is 51.5 Å². The number of hydrogen-bond acceptors (Lipinski definition) is 7. The van der Waals surface area contributed by atoms with E-state index in [1.54, 1.807) is 41.8 Å². The number of benzene rings is 1. The first-order valence-electron chi connectivity index (χ1n) is 10.5. The third-order valence-electron chi connectivity index (χ3n) is 5.83. The summed E-state index contributed by atoms with van der Waals surface area (Å²) in [4.78, 5) is 33.2. The number of fused-ring (bicyclic) bond motifs is 3. The zero-order chi connectivity index (χ0) is 23.3. The Labute approximate surface area is 190 Å². The molecule has 0 radical (unpaired) electrons. The Kier molecular flexibility index (Phi) is 4.81. The minimum Gasteiger partial charge on any atom is -0.363 e. The lowest BCUT2D eigenvalue weighted by Crippen LogP contribution is -2.22. The van der Waals surface area contributed by atoms with Crippen LogP contribution in [0.25, 0.3) is 38.8 Å². The van der Waals surface area contributed by atoms with E-state index in [1.807, 2.05) is 56.3 Å². The second-order valence-corrected chi connectivity index (χ2v) is 8.11. The Balaban J connectivity index is 1.80. The maximum Gasteiger partial charge on any atom is 0.333 e. The molecule has 4 aromatic heterocycles. The van der Waals surface area contributed by atoms with Gasteiger partial charge in [0.2, 0.25) is 5.95 Å². The lowest BCUT2D eigenvalue weighted by atomic mass is 10.1. The molecule has 166 valence electrons. The summed E-state index contributed by atoms with van der Waals surface area (Å²) in [5.41, 5.74) is 5.55. The van der Waals surface area contributed by atoms with Crippen molar-refractivity contribution in [3.63, 3.8) is 0 Å². The predicted octanol–water partition coefficient (Wildman–Crippen LogP) is 3.15. The molecule has 0 amide bonds. The SMILES string of the molecule is CNc1ncc(-c2ccc3ncc4c(c3c2)n(-c2ccc(N(C)C)nc2C)c(=O)n4C)cn1. The minimum atomic E-state index is -0.145. The summed E-state index contributed by atoms with van der Waals surface area (Å²) in [7, 11) is 7.43. The van der Waals surface area contributed by atoms with Crippen LogP contribution in [0, 0.1) is 6.92 Å². The van der Waals surface area contributed by atoms with Crippen molar-refractivity contribution in [1.29, 1.82) is 0 Å². The maximum atomic E-state index is 13.4. The number of imidazole rings is 1. The van der Waals surface area contributed by atoms with E-state index >= 15 is 0 Å². The highest BCUT2D eigenvalue weighted by molar-refractivity contribution is 6.04. The zero-order valence-corrected chi connectivity index (χ0v) is 19.2. The molecule has 0 atom stereocenters. The van der Waals surface area contributed by atoms with Gasteiger partial charge in [-0.05, 0) is 36.8 Å². The lowest BCUT2D eigenvalue weighted by Gasteiger charge is -2.14. The third kappa shape index (κ3) is 3.29. The molecule has 33 heavy (non-hydrogen) atoms. The van der Waals surface area contributed by atoms with Gasteiger partial charge in [-0.15, -0.1) is 0 Å². The van der Waals surface area contributed by atoms with E-state index < -0.39 is 0 Å². The topological polar surface area (TPSA) is 93.8 Å². The van der Waals surface area contributed by atoms with Crippen LogP contribution < -0.4 is 15.9 Å². The molecule has 0 bridgehead atoms. The van der Waals surface area contributed by atoms with Crippen LogP contribution in [0.1, 0.15) is 5.69 Å². The molecule has 0 aliphatic heterocycles. The largest absolute Gasteiger partial charge is 0.363 e. The highest BCUT2D eigenvalue weighted by Gasteiger charge is 2.18. The summed E-state index contributed by atoms with van der Waals surface area (Å²) in [5, 5.41) is 3.80. The van der Waals surface area contributed by atoms with Crippen molar-refractivity contribution in [3.8, 4) is 16.8 Å². The van der Waals surface area contributed by atoms with Gasteiger partial charge in [-0.1, -0.05) is 6.07 Å². The second kappa shape index (κ2) is 7.70. The summed E-state index contributed by atoms with van der Waals surface area (Å²) in [6.45, 7) is 1.92. The lowest BCUT2D eigenvalue weighted by molar-refractivity contribution is 0.839. The number of anilines is 2. The molecule has 9 heteroatoms. The molecule has 0 fully saturated rings. The van der Waals surface area contributed by atoms with E-state index in [9.17, 15) is 4.79 Å². The monoisotopic (exact) mass is 440 g/mol. The van der Waals surface area contributed by atoms with Crippen LogP contribution >= 0.6 is 0 Å². The Morgan fingerprint density at radius 2 is 1.73 bits per heavy atom. The summed E-state index contributed by atoms with van der Waals surface area (Å²) in [5.74, 6) is 1.40. The Hall–Kier alpha value is -4.27. The highest BCUT2D eigenvalue weighted by atomic mass is 16.1. The first-order chi connectivity index (χ1) is 15.9. The molecule has 0 unspecified atom stereocenters. The molecule has 4 heterocycles. The minimum absolute atomic E-state index is 0.145. The molecule has 9 nitrogen and oxygen atoms in total. The van der Waals surface area contributed by atoms with Crippen molar-refractivity contribution < 1.29 is 0 Å². The van der Waals surface area contributed by atoms with Crippen LogP contribution in [0.5, 0.6) is 0 Å². The quantitative estimate of drug-likeness (QED) is 0.459. The normalized spacial score (nSPS) is 11.3. The summed E-state index contributed by atoms with van der Waals surface area (Å²) >= 11 is 0. The molecule has 5 aromatic rings. The smallest absolute Gasteiger partial charge is 0.333 e. The first kappa shape index (κ1) is 20.6. The molecule has 0 aliphatic carbocycles. The maximum absolute atomic E-state index is 13.4. The molecule has 1 aromatic carbocycles. The van der Waals surface area contributed by atoms with Crippen LogP contribution in [0.15, 0.2) is 53.7 Å². The van der Waals surface area contributed by atoms with Gasteiger partial charge in [0.05, 0.1) is 34.1 Å². The van der Waals surface area contributed by atoms with E-state index in [0.29, 0.717) is 5.95 Å². The first-order valence-corrected chi connectivity index (χ1v) is 10.5. The van der Waals surface area contributed by atoms with Gasteiger partial charge in [-0.3, -0.25) is 14.1 Å². The van der Waals surface area contributed by atoms with Crippen molar-refractivity contribution in [2.24, 2.45) is 7.05 Å². The summed E-state index contributed by atoms with van der Waals surface area (Å²) < 4.78 is 3.35. The van der Waals surface area contributed by atoms with Crippen molar-refractivity contribution in [2.75, 3.05) is 31.4 Å². The molecular weight excluding hydrogens is 416 g/mol. The van der Waals surface area contributed by atoms with Crippen molar-refractivity contribution >= 4 is 33.7 Å². The molecule has 1 N–H and O–H groups in total. The number of aryl methyl sites for hydroxylation is 2. The van der Waals surface area contributed by atoms with Crippen molar-refractivity contribution in [1.82, 2.24) is 29.1 Å². The van der Waals surface area contributed by atoms with Crippen LogP contribution in [-0.4, -0.2) is 50.2 Å². The van der Waals surface area contributed by atoms with Gasteiger partial charge < -0.3 is 10.2 Å². The molecule has 0 saturated carbocycles. The van der Waals surface area contributed by atoms with Gasteiger partial charge >= 0.3 is 5.69 Å². The molecule has 5 rings (SSSR count). The van der Waals surface area contributed by atoms with Crippen LogP contribution in [0.3, 0.4) is 0 Å². The summed E-state index contributed by atoms with van der Waals surface area (Å²) in [6, 6.07) is 9.85. The number of pyridine rings is 2. The van der Waals surface area contributed by atoms with Gasteiger partial charge in [0.25, 0.3) is 0 Å². The number of nitrogens with zero attached hydrogens (tertiary/aromatic N) is 7. The van der Waals surface area contributed by atoms with Crippen LogP contribution in [0.4, 0.5) is 11.8 Å². The van der Waals surface area contributed by atoms with E-state index in [4.69, 9.17) is 0 Å². The van der Waals surface area contributed by atoms with Gasteiger partial charge in [0.15, 0.2) is 0 Å². The predicted molar refractivity (Wildman–Crippen MR) is 131 cm³/mol.